The van der Waals surface area contributed by atoms with E-state index in [0.29, 0.717) is 6.42 Å². The summed E-state index contributed by atoms with van der Waals surface area (Å²) >= 11 is 0. The van der Waals surface area contributed by atoms with Crippen LogP contribution in [0.25, 0.3) is 0 Å². The molecule has 1 N–H and O–H groups in total. The summed E-state index contributed by atoms with van der Waals surface area (Å²) in [5.41, 5.74) is 2.74. The molecule has 0 spiro atoms. The molecule has 1 atom stereocenters. The molecule has 1 heterocycles. The van der Waals surface area contributed by atoms with Crippen molar-refractivity contribution in [2.75, 3.05) is 0 Å². The molecule has 0 aliphatic carbocycles. The van der Waals surface area contributed by atoms with Gasteiger partial charge in [-0.15, -0.1) is 0 Å². The van der Waals surface area contributed by atoms with Crippen LogP contribution in [0.3, 0.4) is 0 Å². The van der Waals surface area contributed by atoms with Gasteiger partial charge in [-0.05, 0) is 18.6 Å². The number of hydrogen-bond acceptors (Lipinski definition) is 2. The van der Waals surface area contributed by atoms with Crippen molar-refractivity contribution in [3.05, 3.63) is 53.3 Å². The van der Waals surface area contributed by atoms with Crippen LogP contribution < -0.4 is 0 Å². The number of aromatic nitrogens is 2. The first-order valence-corrected chi connectivity index (χ1v) is 5.84. The van der Waals surface area contributed by atoms with E-state index in [1.807, 2.05) is 50.5 Å². The van der Waals surface area contributed by atoms with Gasteiger partial charge in [-0.2, -0.15) is 5.10 Å². The number of hydrogen-bond donors (Lipinski definition) is 1. The van der Waals surface area contributed by atoms with Gasteiger partial charge >= 0.3 is 5.97 Å². The van der Waals surface area contributed by atoms with Gasteiger partial charge in [0.1, 0.15) is 0 Å². The van der Waals surface area contributed by atoms with Crippen LogP contribution in [-0.2, 0) is 18.3 Å². The van der Waals surface area contributed by atoms with Gasteiger partial charge in [0.25, 0.3) is 0 Å². The fourth-order valence-corrected chi connectivity index (χ4v) is 1.93. The largest absolute Gasteiger partial charge is 0.481 e. The van der Waals surface area contributed by atoms with Gasteiger partial charge < -0.3 is 5.11 Å². The molecule has 0 amide bonds. The zero-order valence-electron chi connectivity index (χ0n) is 10.5. The van der Waals surface area contributed by atoms with Gasteiger partial charge in [-0.25, -0.2) is 0 Å². The Kier molecular flexibility index (Phi) is 3.46. The van der Waals surface area contributed by atoms with Gasteiger partial charge in [-0.1, -0.05) is 29.8 Å². The Balaban J connectivity index is 2.23. The summed E-state index contributed by atoms with van der Waals surface area (Å²) in [6, 6.07) is 9.46. The molecule has 18 heavy (non-hydrogen) atoms. The quantitative estimate of drug-likeness (QED) is 0.896. The molecular weight excluding hydrogens is 228 g/mol. The first-order valence-electron chi connectivity index (χ1n) is 5.84. The molecule has 0 fully saturated rings. The molecule has 2 rings (SSSR count). The highest BCUT2D eigenvalue weighted by atomic mass is 16.4. The fraction of sp³-hybridized carbons (Fsp3) is 0.286. The number of benzene rings is 1. The average molecular weight is 244 g/mol. The number of carboxylic acids is 1. The Morgan fingerprint density at radius 2 is 2.00 bits per heavy atom. The van der Waals surface area contributed by atoms with Crippen molar-refractivity contribution in [3.8, 4) is 0 Å². The molecule has 1 unspecified atom stereocenters. The van der Waals surface area contributed by atoms with Gasteiger partial charge in [-0.3, -0.25) is 9.48 Å². The van der Waals surface area contributed by atoms with Crippen molar-refractivity contribution in [1.29, 1.82) is 0 Å². The molecule has 1 aromatic carbocycles. The number of nitrogens with zero attached hydrogens (tertiary/aromatic N) is 2. The molecule has 0 saturated heterocycles. The summed E-state index contributed by atoms with van der Waals surface area (Å²) < 4.78 is 1.68. The number of carbonyl (C=O) groups is 1. The lowest BCUT2D eigenvalue weighted by Crippen LogP contribution is -2.15. The van der Waals surface area contributed by atoms with Crippen molar-refractivity contribution < 1.29 is 9.90 Å². The number of aliphatic carboxylic acids is 1. The number of aryl methyl sites for hydroxylation is 2. The lowest BCUT2D eigenvalue weighted by molar-refractivity contribution is -0.138. The Bertz CT molecular complexity index is 543. The van der Waals surface area contributed by atoms with Crippen molar-refractivity contribution in [3.63, 3.8) is 0 Å². The van der Waals surface area contributed by atoms with Gasteiger partial charge in [0.05, 0.1) is 11.6 Å². The minimum absolute atomic E-state index is 0.416. The smallest absolute Gasteiger partial charge is 0.311 e. The third-order valence-electron chi connectivity index (χ3n) is 2.96. The second kappa shape index (κ2) is 5.04. The van der Waals surface area contributed by atoms with E-state index < -0.39 is 11.9 Å². The minimum Gasteiger partial charge on any atom is -0.481 e. The third-order valence-corrected chi connectivity index (χ3v) is 2.96. The molecule has 94 valence electrons. The van der Waals surface area contributed by atoms with Crippen molar-refractivity contribution in [2.24, 2.45) is 7.05 Å². The monoisotopic (exact) mass is 244 g/mol. The molecule has 0 saturated carbocycles. The summed E-state index contributed by atoms with van der Waals surface area (Å²) in [7, 11) is 1.82. The lowest BCUT2D eigenvalue weighted by atomic mass is 9.94. The minimum atomic E-state index is -0.815. The first kappa shape index (κ1) is 12.4. The van der Waals surface area contributed by atoms with Gasteiger partial charge in [0.15, 0.2) is 0 Å². The second-order valence-electron chi connectivity index (χ2n) is 4.49. The molecule has 0 radical (unpaired) electrons. The molecule has 0 bridgehead atoms. The van der Waals surface area contributed by atoms with Crippen LogP contribution in [0.2, 0.25) is 0 Å². The zero-order valence-corrected chi connectivity index (χ0v) is 10.5. The highest BCUT2D eigenvalue weighted by Crippen LogP contribution is 2.21. The maximum atomic E-state index is 11.4. The Morgan fingerprint density at radius 1 is 1.33 bits per heavy atom. The topological polar surface area (TPSA) is 55.1 Å². The molecule has 1 aromatic heterocycles. The predicted octanol–water partition coefficient (Wildman–Crippen LogP) is 2.14. The lowest BCUT2D eigenvalue weighted by Gasteiger charge is -2.11. The summed E-state index contributed by atoms with van der Waals surface area (Å²) in [5.74, 6) is -1.36. The maximum Gasteiger partial charge on any atom is 0.311 e. The van der Waals surface area contributed by atoms with Crippen LogP contribution in [-0.4, -0.2) is 20.9 Å². The van der Waals surface area contributed by atoms with E-state index in [9.17, 15) is 9.90 Å². The number of carboxylic acid groups (broad SMARTS) is 1. The van der Waals surface area contributed by atoms with Crippen LogP contribution in [0, 0.1) is 6.92 Å². The van der Waals surface area contributed by atoms with E-state index in [4.69, 9.17) is 0 Å². The molecule has 0 aliphatic rings. The molecular formula is C14H16N2O2. The molecule has 2 aromatic rings. The number of rotatable bonds is 4. The third kappa shape index (κ3) is 2.77. The standard InChI is InChI=1S/C14H16N2O2/c1-10-3-5-11(6-4-10)13(14(17)18)9-12-7-8-16(2)15-12/h3-8,13H,9H2,1-2H3,(H,17,18). The maximum absolute atomic E-state index is 11.4. The van der Waals surface area contributed by atoms with E-state index in [-0.39, 0.29) is 0 Å². The van der Waals surface area contributed by atoms with Crippen molar-refractivity contribution in [1.82, 2.24) is 9.78 Å². The zero-order chi connectivity index (χ0) is 13.1. The van der Waals surface area contributed by atoms with E-state index >= 15 is 0 Å². The SMILES string of the molecule is Cc1ccc(C(Cc2ccn(C)n2)C(=O)O)cc1. The van der Waals surface area contributed by atoms with Crippen LogP contribution >= 0.6 is 0 Å². The van der Waals surface area contributed by atoms with Gasteiger partial charge in [0, 0.05) is 19.7 Å². The highest BCUT2D eigenvalue weighted by molar-refractivity contribution is 5.76. The van der Waals surface area contributed by atoms with Crippen LogP contribution in [0.1, 0.15) is 22.7 Å². The summed E-state index contributed by atoms with van der Waals surface area (Å²) in [4.78, 5) is 11.4. The molecule has 0 aliphatic heterocycles. The van der Waals surface area contributed by atoms with Crippen molar-refractivity contribution >= 4 is 5.97 Å². The van der Waals surface area contributed by atoms with Crippen LogP contribution in [0.5, 0.6) is 0 Å². The summed E-state index contributed by atoms with van der Waals surface area (Å²) in [6.07, 6.45) is 2.24. The highest BCUT2D eigenvalue weighted by Gasteiger charge is 2.21. The first-order chi connectivity index (χ1) is 8.56. The van der Waals surface area contributed by atoms with E-state index in [0.717, 1.165) is 16.8 Å². The normalized spacial score (nSPS) is 12.3. The van der Waals surface area contributed by atoms with Crippen LogP contribution in [0.4, 0.5) is 0 Å². The van der Waals surface area contributed by atoms with E-state index in [1.54, 1.807) is 4.68 Å². The Hall–Kier alpha value is -2.10. The Morgan fingerprint density at radius 3 is 2.50 bits per heavy atom. The average Bonchev–Trinajstić information content (AvgIpc) is 2.73. The molecule has 4 heteroatoms. The van der Waals surface area contributed by atoms with E-state index in [2.05, 4.69) is 5.10 Å². The second-order valence-corrected chi connectivity index (χ2v) is 4.49. The van der Waals surface area contributed by atoms with Gasteiger partial charge in [0.2, 0.25) is 0 Å². The predicted molar refractivity (Wildman–Crippen MR) is 68.5 cm³/mol. The summed E-state index contributed by atoms with van der Waals surface area (Å²) in [6.45, 7) is 1.98. The van der Waals surface area contributed by atoms with E-state index in [1.165, 1.54) is 0 Å². The fourth-order valence-electron chi connectivity index (χ4n) is 1.93. The Labute approximate surface area is 106 Å². The van der Waals surface area contributed by atoms with Crippen molar-refractivity contribution in [2.45, 2.75) is 19.3 Å². The summed E-state index contributed by atoms with van der Waals surface area (Å²) in [5, 5.41) is 13.6. The van der Waals surface area contributed by atoms with Crippen LogP contribution in [0.15, 0.2) is 36.5 Å². The molecule has 4 nitrogen and oxygen atoms in total.